The van der Waals surface area contributed by atoms with E-state index in [1.807, 2.05) is 14.2 Å². The summed E-state index contributed by atoms with van der Waals surface area (Å²) in [5, 5.41) is 1.70. The summed E-state index contributed by atoms with van der Waals surface area (Å²) < 4.78 is 11.3. The second-order valence-electron chi connectivity index (χ2n) is 6.35. The maximum Gasteiger partial charge on any atom is 0.0607 e. The highest BCUT2D eigenvalue weighted by Crippen LogP contribution is 2.56. The van der Waals surface area contributed by atoms with E-state index in [4.69, 9.17) is 9.47 Å². The summed E-state index contributed by atoms with van der Waals surface area (Å²) >= 11 is 2.26. The van der Waals surface area contributed by atoms with Crippen molar-refractivity contribution in [3.05, 3.63) is 0 Å². The van der Waals surface area contributed by atoms with Crippen LogP contribution in [0.25, 0.3) is 0 Å². The normalized spacial score (nSPS) is 51.8. The molecule has 3 fully saturated rings. The predicted molar refractivity (Wildman–Crippen MR) is 76.0 cm³/mol. The van der Waals surface area contributed by atoms with Crippen LogP contribution < -0.4 is 0 Å². The third-order valence-corrected chi connectivity index (χ3v) is 7.61. The van der Waals surface area contributed by atoms with Gasteiger partial charge in [0.25, 0.3) is 0 Å². The Kier molecular flexibility index (Phi) is 3.93. The molecule has 18 heavy (non-hydrogen) atoms. The molecule has 0 bridgehead atoms. The topological polar surface area (TPSA) is 18.5 Å². The van der Waals surface area contributed by atoms with Gasteiger partial charge in [0.05, 0.1) is 12.2 Å². The highest BCUT2D eigenvalue weighted by molar-refractivity contribution is 8.00. The molecule has 0 amide bonds. The number of rotatable bonds is 2. The number of methoxy groups -OCH3 is 2. The lowest BCUT2D eigenvalue weighted by Gasteiger charge is -2.39. The van der Waals surface area contributed by atoms with Crippen molar-refractivity contribution < 1.29 is 9.47 Å². The molecule has 0 radical (unpaired) electrons. The summed E-state index contributed by atoms with van der Waals surface area (Å²) in [6, 6.07) is 0. The van der Waals surface area contributed by atoms with Crippen LogP contribution in [0.5, 0.6) is 0 Å². The van der Waals surface area contributed by atoms with Crippen LogP contribution in [-0.2, 0) is 9.47 Å². The van der Waals surface area contributed by atoms with Gasteiger partial charge in [0, 0.05) is 24.7 Å². The Hall–Kier alpha value is 0.270. The average molecular weight is 270 g/mol. The molecule has 3 aliphatic rings. The molecule has 0 aromatic rings. The molecule has 7 atom stereocenters. The first-order chi connectivity index (χ1) is 8.74. The molecular weight excluding hydrogens is 244 g/mol. The summed E-state index contributed by atoms with van der Waals surface area (Å²) in [7, 11) is 3.76. The first-order valence-electron chi connectivity index (χ1n) is 7.45. The quantitative estimate of drug-likeness (QED) is 0.766. The van der Waals surface area contributed by atoms with E-state index in [2.05, 4.69) is 18.7 Å². The van der Waals surface area contributed by atoms with E-state index < -0.39 is 0 Å². The lowest BCUT2D eigenvalue weighted by atomic mass is 9.69. The van der Waals surface area contributed by atoms with Crippen molar-refractivity contribution in [2.45, 2.75) is 61.7 Å². The van der Waals surface area contributed by atoms with Crippen LogP contribution in [0.1, 0.15) is 39.0 Å². The Balaban J connectivity index is 1.71. The van der Waals surface area contributed by atoms with E-state index in [-0.39, 0.29) is 0 Å². The van der Waals surface area contributed by atoms with Gasteiger partial charge in [0.15, 0.2) is 0 Å². The fourth-order valence-electron chi connectivity index (χ4n) is 4.58. The molecule has 1 aliphatic heterocycles. The minimum atomic E-state index is 0.497. The number of ether oxygens (including phenoxy) is 2. The minimum absolute atomic E-state index is 0.497. The first-order valence-corrected chi connectivity index (χ1v) is 8.40. The molecule has 1 heterocycles. The Morgan fingerprint density at radius 3 is 2.44 bits per heavy atom. The van der Waals surface area contributed by atoms with Gasteiger partial charge in [-0.2, -0.15) is 11.8 Å². The fraction of sp³-hybridized carbons (Fsp3) is 1.00. The van der Waals surface area contributed by atoms with Crippen LogP contribution in [0.3, 0.4) is 0 Å². The van der Waals surface area contributed by atoms with Gasteiger partial charge in [-0.3, -0.25) is 0 Å². The van der Waals surface area contributed by atoms with Crippen LogP contribution in [0, 0.1) is 17.8 Å². The second-order valence-corrected chi connectivity index (χ2v) is 7.77. The van der Waals surface area contributed by atoms with Gasteiger partial charge in [0.2, 0.25) is 0 Å². The number of fused-ring (bicyclic) bond motifs is 3. The van der Waals surface area contributed by atoms with Crippen molar-refractivity contribution in [3.63, 3.8) is 0 Å². The van der Waals surface area contributed by atoms with Crippen LogP contribution in [-0.4, -0.2) is 36.9 Å². The number of thioether (sulfide) groups is 1. The van der Waals surface area contributed by atoms with Crippen LogP contribution in [0.15, 0.2) is 0 Å². The zero-order valence-electron chi connectivity index (χ0n) is 11.8. The molecule has 2 aliphatic carbocycles. The standard InChI is InChI=1S/C15H26O2S/c1-9-13(17-3)7-6-12-11-5-4-10(16-2)8-14(11)18-15(9)12/h9-15H,4-8H2,1-3H3. The van der Waals surface area contributed by atoms with E-state index in [0.717, 1.165) is 28.3 Å². The number of hydrogen-bond acceptors (Lipinski definition) is 3. The van der Waals surface area contributed by atoms with Gasteiger partial charge in [-0.05, 0) is 49.9 Å². The first kappa shape index (κ1) is 13.3. The summed E-state index contributed by atoms with van der Waals surface area (Å²) in [6.45, 7) is 2.41. The maximum absolute atomic E-state index is 5.67. The molecule has 3 rings (SSSR count). The van der Waals surface area contributed by atoms with Gasteiger partial charge < -0.3 is 9.47 Å². The van der Waals surface area contributed by atoms with Crippen molar-refractivity contribution in [1.82, 2.24) is 0 Å². The van der Waals surface area contributed by atoms with Crippen LogP contribution in [0.4, 0.5) is 0 Å². The zero-order chi connectivity index (χ0) is 12.7. The summed E-state index contributed by atoms with van der Waals surface area (Å²) in [4.78, 5) is 0. The smallest absolute Gasteiger partial charge is 0.0607 e. The average Bonchev–Trinajstić information content (AvgIpc) is 2.77. The molecule has 104 valence electrons. The molecule has 0 aromatic carbocycles. The molecule has 2 nitrogen and oxygen atoms in total. The summed E-state index contributed by atoms with van der Waals surface area (Å²) in [5.74, 6) is 2.65. The molecular formula is C15H26O2S. The Bertz CT molecular complexity index is 296. The highest BCUT2D eigenvalue weighted by atomic mass is 32.2. The van der Waals surface area contributed by atoms with E-state index in [9.17, 15) is 0 Å². The zero-order valence-corrected chi connectivity index (χ0v) is 12.6. The third-order valence-electron chi connectivity index (χ3n) is 5.62. The van der Waals surface area contributed by atoms with Crippen LogP contribution >= 0.6 is 11.8 Å². The van der Waals surface area contributed by atoms with E-state index in [1.165, 1.54) is 32.1 Å². The molecule has 2 saturated carbocycles. The molecule has 0 N–H and O–H groups in total. The molecule has 3 heteroatoms. The SMILES string of the molecule is COC1CCC2C(C1)SC1C(C)C(OC)CCC21. The largest absolute Gasteiger partial charge is 0.381 e. The van der Waals surface area contributed by atoms with Gasteiger partial charge in [-0.15, -0.1) is 0 Å². The highest BCUT2D eigenvalue weighted by Gasteiger charge is 2.51. The number of hydrogen-bond donors (Lipinski definition) is 0. The second kappa shape index (κ2) is 5.34. The monoisotopic (exact) mass is 270 g/mol. The molecule has 0 spiro atoms. The lowest BCUT2D eigenvalue weighted by Crippen LogP contribution is -2.40. The summed E-state index contributed by atoms with van der Waals surface area (Å²) in [6.07, 6.45) is 7.63. The Labute approximate surface area is 115 Å². The van der Waals surface area contributed by atoms with Gasteiger partial charge in [-0.1, -0.05) is 6.92 Å². The van der Waals surface area contributed by atoms with E-state index in [0.29, 0.717) is 12.2 Å². The minimum Gasteiger partial charge on any atom is -0.381 e. The van der Waals surface area contributed by atoms with Crippen molar-refractivity contribution in [1.29, 1.82) is 0 Å². The van der Waals surface area contributed by atoms with Crippen molar-refractivity contribution in [2.75, 3.05) is 14.2 Å². The predicted octanol–water partition coefficient (Wildman–Crippen LogP) is 3.35. The van der Waals surface area contributed by atoms with Gasteiger partial charge >= 0.3 is 0 Å². The molecule has 0 aromatic heterocycles. The van der Waals surface area contributed by atoms with Gasteiger partial charge in [-0.25, -0.2) is 0 Å². The summed E-state index contributed by atoms with van der Waals surface area (Å²) in [5.41, 5.74) is 0. The van der Waals surface area contributed by atoms with Crippen molar-refractivity contribution in [3.8, 4) is 0 Å². The Morgan fingerprint density at radius 1 is 0.944 bits per heavy atom. The maximum atomic E-state index is 5.67. The van der Waals surface area contributed by atoms with Gasteiger partial charge in [0.1, 0.15) is 0 Å². The third kappa shape index (κ3) is 2.12. The van der Waals surface area contributed by atoms with E-state index >= 15 is 0 Å². The Morgan fingerprint density at radius 2 is 1.72 bits per heavy atom. The van der Waals surface area contributed by atoms with Crippen molar-refractivity contribution in [2.24, 2.45) is 17.8 Å². The fourth-order valence-corrected chi connectivity index (χ4v) is 6.81. The van der Waals surface area contributed by atoms with Crippen molar-refractivity contribution >= 4 is 11.8 Å². The lowest BCUT2D eigenvalue weighted by molar-refractivity contribution is 0.00389. The van der Waals surface area contributed by atoms with E-state index in [1.54, 1.807) is 0 Å². The van der Waals surface area contributed by atoms with Crippen LogP contribution in [0.2, 0.25) is 0 Å². The molecule has 7 unspecified atom stereocenters. The molecule has 1 saturated heterocycles.